The van der Waals surface area contributed by atoms with Gasteiger partial charge in [-0.3, -0.25) is 0 Å². The lowest BCUT2D eigenvalue weighted by atomic mass is 10.1. The van der Waals surface area contributed by atoms with Crippen molar-refractivity contribution in [3.8, 4) is 0 Å². The summed E-state index contributed by atoms with van der Waals surface area (Å²) >= 11 is 0. The van der Waals surface area contributed by atoms with Crippen LogP contribution in [0.4, 0.5) is 0 Å². The SMILES string of the molecule is CCNC(=NCc1ccc(C)cc1)NCCCS(=O)(=O)Cc1ccccc1. The number of aryl methyl sites for hydroxylation is 1. The summed E-state index contributed by atoms with van der Waals surface area (Å²) in [7, 11) is -3.10. The first kappa shape index (κ1) is 21.0. The molecule has 0 fully saturated rings. The van der Waals surface area contributed by atoms with E-state index in [2.05, 4.69) is 46.8 Å². The number of benzene rings is 2. The molecule has 0 saturated carbocycles. The second-order valence-electron chi connectivity index (χ2n) is 6.54. The molecule has 0 aromatic heterocycles. The highest BCUT2D eigenvalue weighted by Crippen LogP contribution is 2.07. The summed E-state index contributed by atoms with van der Waals surface area (Å²) in [5, 5.41) is 6.40. The number of nitrogens with one attached hydrogen (secondary N) is 2. The minimum atomic E-state index is -3.10. The Morgan fingerprint density at radius 1 is 0.963 bits per heavy atom. The van der Waals surface area contributed by atoms with E-state index in [0.717, 1.165) is 17.7 Å². The highest BCUT2D eigenvalue weighted by atomic mass is 32.2. The van der Waals surface area contributed by atoms with Crippen molar-refractivity contribution < 1.29 is 8.42 Å². The number of guanidine groups is 1. The molecule has 0 radical (unpaired) electrons. The van der Waals surface area contributed by atoms with Crippen LogP contribution in [0.3, 0.4) is 0 Å². The maximum atomic E-state index is 12.2. The van der Waals surface area contributed by atoms with E-state index in [-0.39, 0.29) is 11.5 Å². The summed E-state index contributed by atoms with van der Waals surface area (Å²) < 4.78 is 24.5. The number of rotatable bonds is 9. The quantitative estimate of drug-likeness (QED) is 0.394. The molecule has 0 heterocycles. The second-order valence-corrected chi connectivity index (χ2v) is 8.72. The van der Waals surface area contributed by atoms with Gasteiger partial charge in [-0.25, -0.2) is 13.4 Å². The third-order valence-electron chi connectivity index (χ3n) is 4.04. The average molecular weight is 388 g/mol. The van der Waals surface area contributed by atoms with E-state index < -0.39 is 9.84 Å². The van der Waals surface area contributed by atoms with Crippen LogP contribution in [-0.4, -0.2) is 33.2 Å². The molecule has 2 rings (SSSR count). The van der Waals surface area contributed by atoms with Crippen molar-refractivity contribution in [3.63, 3.8) is 0 Å². The van der Waals surface area contributed by atoms with Crippen molar-refractivity contribution in [1.82, 2.24) is 10.6 Å². The van der Waals surface area contributed by atoms with Gasteiger partial charge in [0.1, 0.15) is 0 Å². The third-order valence-corrected chi connectivity index (χ3v) is 5.72. The minimum absolute atomic E-state index is 0.0927. The summed E-state index contributed by atoms with van der Waals surface area (Å²) in [5.74, 6) is 0.959. The predicted molar refractivity (Wildman–Crippen MR) is 113 cm³/mol. The minimum Gasteiger partial charge on any atom is -0.357 e. The zero-order chi connectivity index (χ0) is 19.5. The molecule has 5 nitrogen and oxygen atoms in total. The van der Waals surface area contributed by atoms with E-state index in [4.69, 9.17) is 0 Å². The van der Waals surface area contributed by atoms with Gasteiger partial charge in [-0.1, -0.05) is 60.2 Å². The molecule has 0 aliphatic carbocycles. The first-order valence-corrected chi connectivity index (χ1v) is 11.1. The zero-order valence-electron chi connectivity index (χ0n) is 16.1. The Balaban J connectivity index is 1.79. The Labute approximate surface area is 162 Å². The van der Waals surface area contributed by atoms with E-state index >= 15 is 0 Å². The van der Waals surface area contributed by atoms with Gasteiger partial charge in [-0.05, 0) is 31.4 Å². The lowest BCUT2D eigenvalue weighted by Gasteiger charge is -2.11. The molecule has 27 heavy (non-hydrogen) atoms. The number of hydrogen-bond acceptors (Lipinski definition) is 3. The lowest BCUT2D eigenvalue weighted by Crippen LogP contribution is -2.38. The Hall–Kier alpha value is -2.34. The van der Waals surface area contributed by atoms with Crippen molar-refractivity contribution in [2.24, 2.45) is 4.99 Å². The smallest absolute Gasteiger partial charge is 0.191 e. The van der Waals surface area contributed by atoms with Gasteiger partial charge < -0.3 is 10.6 Å². The van der Waals surface area contributed by atoms with Crippen LogP contribution in [0.25, 0.3) is 0 Å². The normalized spacial score (nSPS) is 12.0. The fourth-order valence-electron chi connectivity index (χ4n) is 2.60. The van der Waals surface area contributed by atoms with Gasteiger partial charge in [0.05, 0.1) is 18.1 Å². The van der Waals surface area contributed by atoms with Crippen LogP contribution >= 0.6 is 0 Å². The Morgan fingerprint density at radius 2 is 1.67 bits per heavy atom. The number of nitrogens with zero attached hydrogens (tertiary/aromatic N) is 1. The molecule has 0 aliphatic heterocycles. The van der Waals surface area contributed by atoms with E-state index in [1.807, 2.05) is 37.3 Å². The molecule has 6 heteroatoms. The van der Waals surface area contributed by atoms with E-state index in [0.29, 0.717) is 25.5 Å². The molecule has 2 aromatic carbocycles. The predicted octanol–water partition coefficient (Wildman–Crippen LogP) is 3.06. The summed E-state index contributed by atoms with van der Waals surface area (Å²) in [4.78, 5) is 4.56. The highest BCUT2D eigenvalue weighted by Gasteiger charge is 2.11. The lowest BCUT2D eigenvalue weighted by molar-refractivity contribution is 0.591. The van der Waals surface area contributed by atoms with Gasteiger partial charge in [-0.2, -0.15) is 0 Å². The summed E-state index contributed by atoms with van der Waals surface area (Å²) in [6.45, 7) is 5.97. The fraction of sp³-hybridized carbons (Fsp3) is 0.381. The molecule has 0 saturated heterocycles. The molecule has 0 spiro atoms. The number of hydrogen-bond donors (Lipinski definition) is 2. The van der Waals surface area contributed by atoms with Gasteiger partial charge in [0, 0.05) is 13.1 Å². The summed E-state index contributed by atoms with van der Waals surface area (Å²) in [6, 6.07) is 17.6. The largest absolute Gasteiger partial charge is 0.357 e. The Bertz CT molecular complexity index is 816. The number of aliphatic imine (C=N–C) groups is 1. The summed E-state index contributed by atoms with van der Waals surface area (Å²) in [5.41, 5.74) is 3.20. The van der Waals surface area contributed by atoms with Crippen LogP contribution < -0.4 is 10.6 Å². The highest BCUT2D eigenvalue weighted by molar-refractivity contribution is 7.90. The van der Waals surface area contributed by atoms with Crippen molar-refractivity contribution >= 4 is 15.8 Å². The zero-order valence-corrected chi connectivity index (χ0v) is 16.9. The molecule has 0 unspecified atom stereocenters. The molecule has 0 amide bonds. The van der Waals surface area contributed by atoms with Crippen LogP contribution in [0, 0.1) is 6.92 Å². The topological polar surface area (TPSA) is 70.6 Å². The fourth-order valence-corrected chi connectivity index (χ4v) is 4.03. The standard InChI is InChI=1S/C21H29N3O2S/c1-3-22-21(24-16-19-12-10-18(2)11-13-19)23-14-7-15-27(25,26)17-20-8-5-4-6-9-20/h4-6,8-13H,3,7,14-17H2,1-2H3,(H2,22,23,24). The van der Waals surface area contributed by atoms with Gasteiger partial charge >= 0.3 is 0 Å². The average Bonchev–Trinajstić information content (AvgIpc) is 2.65. The third kappa shape index (κ3) is 8.26. The first-order valence-electron chi connectivity index (χ1n) is 9.30. The van der Waals surface area contributed by atoms with Gasteiger partial charge in [0.15, 0.2) is 15.8 Å². The molecular weight excluding hydrogens is 358 g/mol. The first-order chi connectivity index (χ1) is 13.0. The van der Waals surface area contributed by atoms with Crippen molar-refractivity contribution in [1.29, 1.82) is 0 Å². The molecular formula is C21H29N3O2S. The van der Waals surface area contributed by atoms with Crippen LogP contribution in [0.5, 0.6) is 0 Å². The molecule has 0 aliphatic rings. The number of sulfone groups is 1. The maximum absolute atomic E-state index is 12.2. The molecule has 2 aromatic rings. The van der Waals surface area contributed by atoms with Crippen LogP contribution in [0.1, 0.15) is 30.0 Å². The van der Waals surface area contributed by atoms with E-state index in [9.17, 15) is 8.42 Å². The van der Waals surface area contributed by atoms with E-state index in [1.165, 1.54) is 5.56 Å². The van der Waals surface area contributed by atoms with Crippen molar-refractivity contribution in [3.05, 3.63) is 71.3 Å². The van der Waals surface area contributed by atoms with Crippen LogP contribution in [-0.2, 0) is 22.1 Å². The van der Waals surface area contributed by atoms with Crippen LogP contribution in [0.15, 0.2) is 59.6 Å². The van der Waals surface area contributed by atoms with E-state index in [1.54, 1.807) is 0 Å². The second kappa shape index (κ2) is 10.7. The maximum Gasteiger partial charge on any atom is 0.191 e. The van der Waals surface area contributed by atoms with Crippen LogP contribution in [0.2, 0.25) is 0 Å². The molecule has 0 bridgehead atoms. The Kier molecular flexibility index (Phi) is 8.33. The summed E-state index contributed by atoms with van der Waals surface area (Å²) in [6.07, 6.45) is 0.546. The van der Waals surface area contributed by atoms with Gasteiger partial charge in [0.25, 0.3) is 0 Å². The Morgan fingerprint density at radius 3 is 2.33 bits per heavy atom. The van der Waals surface area contributed by atoms with Gasteiger partial charge in [0.2, 0.25) is 0 Å². The molecule has 146 valence electrons. The monoisotopic (exact) mass is 387 g/mol. The van der Waals surface area contributed by atoms with Crippen molar-refractivity contribution in [2.45, 2.75) is 32.6 Å². The van der Waals surface area contributed by atoms with Crippen molar-refractivity contribution in [2.75, 3.05) is 18.8 Å². The van der Waals surface area contributed by atoms with Gasteiger partial charge in [-0.15, -0.1) is 0 Å². The molecule has 0 atom stereocenters. The molecule has 2 N–H and O–H groups in total.